The second kappa shape index (κ2) is 14.1. The van der Waals surface area contributed by atoms with E-state index in [1.807, 2.05) is 49.4 Å². The zero-order valence-corrected chi connectivity index (χ0v) is 20.7. The van der Waals surface area contributed by atoms with Crippen molar-refractivity contribution in [2.45, 2.75) is 32.7 Å². The number of carbonyl (C=O) groups excluding carboxylic acids is 1. The predicted octanol–water partition coefficient (Wildman–Crippen LogP) is 4.61. The van der Waals surface area contributed by atoms with Gasteiger partial charge in [0.2, 0.25) is 5.91 Å². The molecule has 0 heterocycles. The van der Waals surface area contributed by atoms with Gasteiger partial charge < -0.3 is 20.7 Å². The third kappa shape index (κ3) is 8.79. The third-order valence-electron chi connectivity index (χ3n) is 4.35. The van der Waals surface area contributed by atoms with Crippen LogP contribution in [-0.4, -0.2) is 32.6 Å². The molecule has 0 bridgehead atoms. The zero-order valence-electron chi connectivity index (χ0n) is 17.6. The van der Waals surface area contributed by atoms with Gasteiger partial charge >= 0.3 is 0 Å². The maximum absolute atomic E-state index is 11.6. The van der Waals surface area contributed by atoms with E-state index < -0.39 is 0 Å². The summed E-state index contributed by atoms with van der Waals surface area (Å²) in [4.78, 5) is 15.9. The molecule has 0 aliphatic carbocycles. The van der Waals surface area contributed by atoms with E-state index in [4.69, 9.17) is 16.3 Å². The summed E-state index contributed by atoms with van der Waals surface area (Å²) in [7, 11) is 3.36. The van der Waals surface area contributed by atoms with Crippen molar-refractivity contribution in [2.75, 3.05) is 26.0 Å². The predicted molar refractivity (Wildman–Crippen MR) is 135 cm³/mol. The molecule has 0 unspecified atom stereocenters. The molecule has 0 saturated carbocycles. The van der Waals surface area contributed by atoms with Crippen LogP contribution in [0.1, 0.15) is 30.9 Å². The van der Waals surface area contributed by atoms with Crippen molar-refractivity contribution in [3.8, 4) is 5.75 Å². The van der Waals surface area contributed by atoms with Crippen molar-refractivity contribution in [2.24, 2.45) is 4.99 Å². The van der Waals surface area contributed by atoms with Gasteiger partial charge in [-0.1, -0.05) is 36.7 Å². The maximum atomic E-state index is 11.6. The number of hydrogen-bond acceptors (Lipinski definition) is 3. The molecule has 30 heavy (non-hydrogen) atoms. The summed E-state index contributed by atoms with van der Waals surface area (Å²) in [5.41, 5.74) is 2.96. The molecule has 2 aromatic carbocycles. The van der Waals surface area contributed by atoms with Crippen molar-refractivity contribution in [3.05, 3.63) is 58.6 Å². The Kier molecular flexibility index (Phi) is 12.2. The average Bonchev–Trinajstić information content (AvgIpc) is 2.72. The number of anilines is 1. The summed E-state index contributed by atoms with van der Waals surface area (Å²) in [6.07, 6.45) is 2.15. The number of aliphatic imine (C=N–C) groups is 1. The lowest BCUT2D eigenvalue weighted by molar-refractivity contribution is -0.116. The molecule has 0 aromatic heterocycles. The maximum Gasteiger partial charge on any atom is 0.224 e. The molecule has 0 saturated heterocycles. The standard InChI is InChI=1S/C22H29ClN4O2.HI/c1-4-5-21(28)27-18-9-6-16(7-10-18)15-26-22(24-2)25-13-12-17-8-11-19(29-3)14-20(17)23;/h6-11,14H,4-5,12-13,15H2,1-3H3,(H,27,28)(H2,24,25,26);1H. The Bertz CT molecular complexity index is 828. The molecule has 1 amide bonds. The zero-order chi connectivity index (χ0) is 21.1. The summed E-state index contributed by atoms with van der Waals surface area (Å²) in [6.45, 7) is 3.32. The lowest BCUT2D eigenvalue weighted by Crippen LogP contribution is -2.37. The Hall–Kier alpha value is -2.00. The van der Waals surface area contributed by atoms with E-state index in [0.717, 1.165) is 41.4 Å². The Balaban J connectivity index is 0.00000450. The number of carbonyl (C=O) groups is 1. The van der Waals surface area contributed by atoms with Crippen LogP contribution in [0.5, 0.6) is 5.75 Å². The molecule has 8 heteroatoms. The number of methoxy groups -OCH3 is 1. The van der Waals surface area contributed by atoms with E-state index in [2.05, 4.69) is 20.9 Å². The first kappa shape index (κ1) is 26.0. The highest BCUT2D eigenvalue weighted by atomic mass is 127. The summed E-state index contributed by atoms with van der Waals surface area (Å²) in [5.74, 6) is 1.51. The monoisotopic (exact) mass is 544 g/mol. The van der Waals surface area contributed by atoms with Crippen molar-refractivity contribution in [1.29, 1.82) is 0 Å². The van der Waals surface area contributed by atoms with Gasteiger partial charge in [-0.2, -0.15) is 0 Å². The number of ether oxygens (including phenoxy) is 1. The van der Waals surface area contributed by atoms with Crippen molar-refractivity contribution in [3.63, 3.8) is 0 Å². The molecule has 0 radical (unpaired) electrons. The van der Waals surface area contributed by atoms with Gasteiger partial charge in [0.05, 0.1) is 7.11 Å². The van der Waals surface area contributed by atoms with Crippen LogP contribution in [0.15, 0.2) is 47.5 Å². The van der Waals surface area contributed by atoms with Crippen LogP contribution in [-0.2, 0) is 17.8 Å². The first-order chi connectivity index (χ1) is 14.0. The van der Waals surface area contributed by atoms with E-state index in [9.17, 15) is 4.79 Å². The van der Waals surface area contributed by atoms with Gasteiger partial charge in [-0.25, -0.2) is 0 Å². The Morgan fingerprint density at radius 1 is 1.13 bits per heavy atom. The number of guanidine groups is 1. The fraction of sp³-hybridized carbons (Fsp3) is 0.364. The second-order valence-corrected chi connectivity index (χ2v) is 6.96. The van der Waals surface area contributed by atoms with Crippen LogP contribution in [0.25, 0.3) is 0 Å². The SMILES string of the molecule is CCCC(=O)Nc1ccc(CNC(=NC)NCCc2ccc(OC)cc2Cl)cc1.I. The second-order valence-electron chi connectivity index (χ2n) is 6.55. The number of nitrogens with one attached hydrogen (secondary N) is 3. The fourth-order valence-electron chi connectivity index (χ4n) is 2.74. The topological polar surface area (TPSA) is 74.8 Å². The van der Waals surface area contributed by atoms with E-state index in [-0.39, 0.29) is 29.9 Å². The molecule has 0 spiro atoms. The minimum absolute atomic E-state index is 0. The normalized spacial score (nSPS) is 10.7. The Morgan fingerprint density at radius 3 is 2.47 bits per heavy atom. The van der Waals surface area contributed by atoms with Crippen molar-refractivity contribution >= 4 is 53.1 Å². The van der Waals surface area contributed by atoms with Gasteiger partial charge in [0, 0.05) is 37.3 Å². The molecule has 0 aliphatic rings. The van der Waals surface area contributed by atoms with Crippen molar-refractivity contribution < 1.29 is 9.53 Å². The van der Waals surface area contributed by atoms with Crippen LogP contribution in [0.4, 0.5) is 5.69 Å². The van der Waals surface area contributed by atoms with Gasteiger partial charge in [-0.3, -0.25) is 9.79 Å². The van der Waals surface area contributed by atoms with Gasteiger partial charge in [0.25, 0.3) is 0 Å². The van der Waals surface area contributed by atoms with Gasteiger partial charge in [-0.15, -0.1) is 24.0 Å². The van der Waals surface area contributed by atoms with Gasteiger partial charge in [-0.05, 0) is 48.2 Å². The van der Waals surface area contributed by atoms with E-state index in [1.54, 1.807) is 14.2 Å². The molecule has 3 N–H and O–H groups in total. The summed E-state index contributed by atoms with van der Waals surface area (Å²) in [5, 5.41) is 10.2. The summed E-state index contributed by atoms with van der Waals surface area (Å²) >= 11 is 6.28. The van der Waals surface area contributed by atoms with Gasteiger partial charge in [0.15, 0.2) is 5.96 Å². The third-order valence-corrected chi connectivity index (χ3v) is 4.70. The molecular weight excluding hydrogens is 515 g/mol. The minimum atomic E-state index is 0. The largest absolute Gasteiger partial charge is 0.497 e. The highest BCUT2D eigenvalue weighted by Gasteiger charge is 2.04. The molecule has 6 nitrogen and oxygen atoms in total. The number of halogens is 2. The van der Waals surface area contributed by atoms with E-state index >= 15 is 0 Å². The van der Waals surface area contributed by atoms with E-state index in [0.29, 0.717) is 24.5 Å². The fourth-order valence-corrected chi connectivity index (χ4v) is 3.00. The number of benzene rings is 2. The first-order valence-corrected chi connectivity index (χ1v) is 10.1. The summed E-state index contributed by atoms with van der Waals surface area (Å²) in [6, 6.07) is 13.5. The Labute approximate surface area is 200 Å². The van der Waals surface area contributed by atoms with Crippen LogP contribution in [0.3, 0.4) is 0 Å². The van der Waals surface area contributed by atoms with Crippen LogP contribution in [0, 0.1) is 0 Å². The lowest BCUT2D eigenvalue weighted by atomic mass is 10.1. The lowest BCUT2D eigenvalue weighted by Gasteiger charge is -2.13. The number of amides is 1. The van der Waals surface area contributed by atoms with Gasteiger partial charge in [0.1, 0.15) is 5.75 Å². The average molecular weight is 545 g/mol. The molecule has 0 atom stereocenters. The first-order valence-electron chi connectivity index (χ1n) is 9.71. The number of rotatable bonds is 9. The van der Waals surface area contributed by atoms with E-state index in [1.165, 1.54) is 0 Å². The highest BCUT2D eigenvalue weighted by molar-refractivity contribution is 14.0. The smallest absolute Gasteiger partial charge is 0.224 e. The van der Waals surface area contributed by atoms with Crippen LogP contribution in [0.2, 0.25) is 5.02 Å². The molecular formula is C22H30ClIN4O2. The number of hydrogen-bond donors (Lipinski definition) is 3. The number of nitrogens with zero attached hydrogens (tertiary/aromatic N) is 1. The Morgan fingerprint density at radius 2 is 1.87 bits per heavy atom. The minimum Gasteiger partial charge on any atom is -0.497 e. The van der Waals surface area contributed by atoms with Crippen molar-refractivity contribution in [1.82, 2.24) is 10.6 Å². The molecule has 0 fully saturated rings. The molecule has 2 rings (SSSR count). The molecule has 0 aliphatic heterocycles. The molecule has 2 aromatic rings. The molecule has 164 valence electrons. The van der Waals surface area contributed by atoms with Crippen LogP contribution < -0.4 is 20.7 Å². The summed E-state index contributed by atoms with van der Waals surface area (Å²) < 4.78 is 5.17. The quantitative estimate of drug-likeness (QED) is 0.245. The van der Waals surface area contributed by atoms with Crippen LogP contribution >= 0.6 is 35.6 Å². The highest BCUT2D eigenvalue weighted by Crippen LogP contribution is 2.22.